The number of pyridine rings is 1. The summed E-state index contributed by atoms with van der Waals surface area (Å²) in [6, 6.07) is 3.50. The Labute approximate surface area is 164 Å². The van der Waals surface area contributed by atoms with Crippen LogP contribution in [-0.2, 0) is 0 Å². The van der Waals surface area contributed by atoms with E-state index in [0.717, 1.165) is 24.8 Å². The lowest BCUT2D eigenvalue weighted by Crippen LogP contribution is -2.25. The van der Waals surface area contributed by atoms with Gasteiger partial charge >= 0.3 is 0 Å². The van der Waals surface area contributed by atoms with Gasteiger partial charge in [-0.1, -0.05) is 49.8 Å². The zero-order valence-corrected chi connectivity index (χ0v) is 15.9. The van der Waals surface area contributed by atoms with E-state index < -0.39 is 0 Å². The average molecular weight is 376 g/mol. The molecule has 0 saturated carbocycles. The standard InChI is InChI=1S/C22H24N4O2/c1-3-5-6-8-16(7-4-2)9-12-24-22(27)18-10-13-23-21-19(18)25-20(26-21)17-11-14-28-15-17/h3,5-6,8,10-11,13-15H,1,4,7,9,12H2,2H3,(H,24,27)(H,23,25,26)/b6-5-,16-8+. The second kappa shape index (κ2) is 9.50. The average Bonchev–Trinajstić information content (AvgIpc) is 3.37. The largest absolute Gasteiger partial charge is 0.472 e. The fourth-order valence-corrected chi connectivity index (χ4v) is 2.95. The predicted octanol–water partition coefficient (Wildman–Crippen LogP) is 4.81. The summed E-state index contributed by atoms with van der Waals surface area (Å²) in [6.45, 7) is 6.39. The molecule has 0 fully saturated rings. The van der Waals surface area contributed by atoms with E-state index in [4.69, 9.17) is 4.42 Å². The number of nitrogens with zero attached hydrogens (tertiary/aromatic N) is 2. The predicted molar refractivity (Wildman–Crippen MR) is 111 cm³/mol. The molecular weight excluding hydrogens is 352 g/mol. The van der Waals surface area contributed by atoms with Crippen molar-refractivity contribution in [2.24, 2.45) is 0 Å². The Balaban J connectivity index is 1.70. The summed E-state index contributed by atoms with van der Waals surface area (Å²) in [5, 5.41) is 3.00. The molecule has 144 valence electrons. The second-order valence-corrected chi connectivity index (χ2v) is 6.36. The molecule has 0 bridgehead atoms. The van der Waals surface area contributed by atoms with E-state index in [1.54, 1.807) is 36.9 Å². The van der Waals surface area contributed by atoms with Gasteiger partial charge in [-0.2, -0.15) is 0 Å². The molecule has 3 heterocycles. The van der Waals surface area contributed by atoms with Crippen molar-refractivity contribution in [1.29, 1.82) is 0 Å². The van der Waals surface area contributed by atoms with Crippen LogP contribution < -0.4 is 5.32 Å². The molecule has 6 heteroatoms. The van der Waals surface area contributed by atoms with Crippen LogP contribution in [0.1, 0.15) is 36.5 Å². The quantitative estimate of drug-likeness (QED) is 0.525. The van der Waals surface area contributed by atoms with E-state index in [-0.39, 0.29) is 5.91 Å². The molecular formula is C22H24N4O2. The van der Waals surface area contributed by atoms with E-state index in [0.29, 0.717) is 29.1 Å². The number of carbonyl (C=O) groups excluding carboxylic acids is 1. The maximum absolute atomic E-state index is 12.7. The Hall–Kier alpha value is -3.41. The van der Waals surface area contributed by atoms with Crippen LogP contribution in [-0.4, -0.2) is 27.4 Å². The monoisotopic (exact) mass is 376 g/mol. The van der Waals surface area contributed by atoms with Gasteiger partial charge in [-0.25, -0.2) is 9.97 Å². The van der Waals surface area contributed by atoms with E-state index in [2.05, 4.69) is 39.8 Å². The molecule has 0 unspecified atom stereocenters. The van der Waals surface area contributed by atoms with Crippen LogP contribution >= 0.6 is 0 Å². The lowest BCUT2D eigenvalue weighted by Gasteiger charge is -2.08. The molecule has 0 aliphatic carbocycles. The normalized spacial score (nSPS) is 12.0. The number of carbonyl (C=O) groups is 1. The number of imidazole rings is 1. The van der Waals surface area contributed by atoms with Gasteiger partial charge in [0.05, 0.1) is 22.9 Å². The van der Waals surface area contributed by atoms with Crippen LogP contribution in [0.15, 0.2) is 71.7 Å². The van der Waals surface area contributed by atoms with Gasteiger partial charge in [-0.15, -0.1) is 0 Å². The van der Waals surface area contributed by atoms with Crippen molar-refractivity contribution >= 4 is 17.1 Å². The third-order valence-electron chi connectivity index (χ3n) is 4.31. The number of rotatable bonds is 9. The molecule has 3 aromatic heterocycles. The number of nitrogens with one attached hydrogen (secondary N) is 2. The highest BCUT2D eigenvalue weighted by Gasteiger charge is 2.15. The molecule has 0 radical (unpaired) electrons. The highest BCUT2D eigenvalue weighted by atomic mass is 16.3. The van der Waals surface area contributed by atoms with Crippen LogP contribution in [0.25, 0.3) is 22.6 Å². The minimum Gasteiger partial charge on any atom is -0.472 e. The van der Waals surface area contributed by atoms with Crippen LogP contribution in [0.2, 0.25) is 0 Å². The van der Waals surface area contributed by atoms with Gasteiger partial charge in [0.1, 0.15) is 12.1 Å². The maximum atomic E-state index is 12.7. The van der Waals surface area contributed by atoms with Crippen LogP contribution in [0.3, 0.4) is 0 Å². The molecule has 0 atom stereocenters. The maximum Gasteiger partial charge on any atom is 0.253 e. The molecule has 0 aliphatic rings. The fraction of sp³-hybridized carbons (Fsp3) is 0.227. The highest BCUT2D eigenvalue weighted by Crippen LogP contribution is 2.22. The first-order valence-corrected chi connectivity index (χ1v) is 9.35. The smallest absolute Gasteiger partial charge is 0.253 e. The first kappa shape index (κ1) is 19.4. The first-order valence-electron chi connectivity index (χ1n) is 9.35. The number of H-pyrrole nitrogens is 1. The molecule has 28 heavy (non-hydrogen) atoms. The third-order valence-corrected chi connectivity index (χ3v) is 4.31. The Bertz CT molecular complexity index is 997. The van der Waals surface area contributed by atoms with Crippen molar-refractivity contribution in [3.05, 3.63) is 72.9 Å². The number of hydrogen-bond acceptors (Lipinski definition) is 4. The van der Waals surface area contributed by atoms with Gasteiger partial charge in [0.2, 0.25) is 0 Å². The molecule has 6 nitrogen and oxygen atoms in total. The molecule has 0 spiro atoms. The lowest BCUT2D eigenvalue weighted by molar-refractivity contribution is 0.0955. The summed E-state index contributed by atoms with van der Waals surface area (Å²) in [5.74, 6) is 0.478. The molecule has 0 saturated heterocycles. The van der Waals surface area contributed by atoms with Gasteiger partial charge in [-0.3, -0.25) is 4.79 Å². The van der Waals surface area contributed by atoms with Crippen molar-refractivity contribution in [1.82, 2.24) is 20.3 Å². The van der Waals surface area contributed by atoms with Crippen molar-refractivity contribution in [2.45, 2.75) is 26.2 Å². The number of amides is 1. The molecule has 2 N–H and O–H groups in total. The number of fused-ring (bicyclic) bond motifs is 1. The van der Waals surface area contributed by atoms with Gasteiger partial charge in [0, 0.05) is 12.7 Å². The van der Waals surface area contributed by atoms with Gasteiger partial charge in [0.15, 0.2) is 5.65 Å². The third kappa shape index (κ3) is 4.65. The molecule has 0 aliphatic heterocycles. The summed E-state index contributed by atoms with van der Waals surface area (Å²) in [4.78, 5) is 24.6. The van der Waals surface area contributed by atoms with E-state index in [1.807, 2.05) is 12.2 Å². The topological polar surface area (TPSA) is 83.8 Å². The molecule has 1 amide bonds. The van der Waals surface area contributed by atoms with Crippen molar-refractivity contribution in [3.63, 3.8) is 0 Å². The van der Waals surface area contributed by atoms with Crippen LogP contribution in [0.4, 0.5) is 0 Å². The van der Waals surface area contributed by atoms with Crippen molar-refractivity contribution in [2.75, 3.05) is 6.54 Å². The molecule has 3 aromatic rings. The first-order chi connectivity index (χ1) is 13.7. The highest BCUT2D eigenvalue weighted by molar-refractivity contribution is 6.04. The minimum absolute atomic E-state index is 0.146. The van der Waals surface area contributed by atoms with Crippen LogP contribution in [0, 0.1) is 0 Å². The van der Waals surface area contributed by atoms with Crippen molar-refractivity contribution < 1.29 is 9.21 Å². The summed E-state index contributed by atoms with van der Waals surface area (Å²) >= 11 is 0. The van der Waals surface area contributed by atoms with Crippen molar-refractivity contribution in [3.8, 4) is 11.4 Å². The molecule has 3 rings (SSSR count). The number of furan rings is 1. The lowest BCUT2D eigenvalue weighted by atomic mass is 10.1. The summed E-state index contributed by atoms with van der Waals surface area (Å²) in [5.41, 5.74) is 3.76. The SMILES string of the molecule is C=C/C=C\C=C(/CCC)CCNC(=O)c1ccnc2nc(-c3ccoc3)[nH]c12. The zero-order valence-electron chi connectivity index (χ0n) is 15.9. The number of hydrogen-bond donors (Lipinski definition) is 2. The zero-order chi connectivity index (χ0) is 19.8. The van der Waals surface area contributed by atoms with E-state index >= 15 is 0 Å². The Morgan fingerprint density at radius 3 is 2.96 bits per heavy atom. The van der Waals surface area contributed by atoms with E-state index in [1.165, 1.54) is 5.57 Å². The summed E-state index contributed by atoms with van der Waals surface area (Å²) in [7, 11) is 0. The van der Waals surface area contributed by atoms with Gasteiger partial charge in [0.25, 0.3) is 5.91 Å². The second-order valence-electron chi connectivity index (χ2n) is 6.36. The van der Waals surface area contributed by atoms with Gasteiger partial charge < -0.3 is 14.7 Å². The number of allylic oxidation sites excluding steroid dienone is 4. The number of aromatic amines is 1. The Morgan fingerprint density at radius 1 is 1.32 bits per heavy atom. The minimum atomic E-state index is -0.146. The Kier molecular flexibility index (Phi) is 6.57. The Morgan fingerprint density at radius 2 is 2.21 bits per heavy atom. The number of aromatic nitrogens is 3. The fourth-order valence-electron chi connectivity index (χ4n) is 2.95. The van der Waals surface area contributed by atoms with Gasteiger partial charge in [-0.05, 0) is 25.0 Å². The van der Waals surface area contributed by atoms with Crippen LogP contribution in [0.5, 0.6) is 0 Å². The van der Waals surface area contributed by atoms with E-state index in [9.17, 15) is 4.79 Å². The molecule has 0 aromatic carbocycles. The summed E-state index contributed by atoms with van der Waals surface area (Å²) < 4.78 is 5.10. The summed E-state index contributed by atoms with van der Waals surface area (Å²) in [6.07, 6.45) is 15.4.